The van der Waals surface area contributed by atoms with Gasteiger partial charge in [-0.3, -0.25) is 4.79 Å². The first-order chi connectivity index (χ1) is 9.15. The van der Waals surface area contributed by atoms with Crippen molar-refractivity contribution < 1.29 is 9.90 Å². The lowest BCUT2D eigenvalue weighted by Gasteiger charge is -1.97. The molecule has 7 heteroatoms. The molecule has 0 fully saturated rings. The van der Waals surface area contributed by atoms with Gasteiger partial charge in [-0.05, 0) is 40.4 Å². The molecule has 2 aromatic heterocycles. The number of fused-ring (bicyclic) bond motifs is 1. The van der Waals surface area contributed by atoms with Crippen molar-refractivity contribution in [1.82, 2.24) is 20.2 Å². The highest BCUT2D eigenvalue weighted by Gasteiger charge is 2.14. The van der Waals surface area contributed by atoms with Gasteiger partial charge < -0.3 is 5.11 Å². The Morgan fingerprint density at radius 1 is 1.47 bits per heavy atom. The molecule has 19 heavy (non-hydrogen) atoms. The fraction of sp³-hybridized carbons (Fsp3) is 0.167. The van der Waals surface area contributed by atoms with Crippen LogP contribution in [0.2, 0.25) is 0 Å². The van der Waals surface area contributed by atoms with E-state index in [0.717, 1.165) is 15.0 Å². The number of aromatic nitrogens is 4. The molecule has 0 saturated carbocycles. The van der Waals surface area contributed by atoms with E-state index >= 15 is 0 Å². The maximum absolute atomic E-state index is 10.8. The number of nitrogens with zero attached hydrogens (tertiary/aromatic N) is 4. The van der Waals surface area contributed by atoms with Crippen LogP contribution in [0, 0.1) is 6.92 Å². The summed E-state index contributed by atoms with van der Waals surface area (Å²) in [4.78, 5) is 11.6. The van der Waals surface area contributed by atoms with Crippen molar-refractivity contribution in [1.29, 1.82) is 0 Å². The molecule has 0 unspecified atom stereocenters. The van der Waals surface area contributed by atoms with Crippen LogP contribution in [0.5, 0.6) is 0 Å². The van der Waals surface area contributed by atoms with Gasteiger partial charge in [0.05, 0.1) is 4.88 Å². The van der Waals surface area contributed by atoms with Crippen LogP contribution in [0.3, 0.4) is 0 Å². The highest BCUT2D eigenvalue weighted by atomic mass is 32.1. The zero-order chi connectivity index (χ0) is 13.4. The van der Waals surface area contributed by atoms with Crippen LogP contribution < -0.4 is 0 Å². The second-order valence-corrected chi connectivity index (χ2v) is 5.24. The third-order valence-electron chi connectivity index (χ3n) is 2.82. The molecule has 3 rings (SSSR count). The predicted octanol–water partition coefficient (Wildman–Crippen LogP) is 1.95. The first kappa shape index (κ1) is 11.8. The minimum absolute atomic E-state index is 0.241. The number of carboxylic acids is 1. The van der Waals surface area contributed by atoms with Crippen LogP contribution in [-0.2, 0) is 11.3 Å². The number of thiophene rings is 1. The van der Waals surface area contributed by atoms with Gasteiger partial charge in [0, 0.05) is 4.70 Å². The molecule has 1 N–H and O–H groups in total. The maximum atomic E-state index is 10.8. The standard InChI is InChI=1S/C12H10N4O2S/c1-7-3-2-4-9-8(7)5-10(19-9)12-13-14-15-16(12)6-11(17)18/h2-5H,6H2,1H3,(H,17,18). The van der Waals surface area contributed by atoms with E-state index in [2.05, 4.69) is 15.5 Å². The van der Waals surface area contributed by atoms with Crippen molar-refractivity contribution >= 4 is 27.4 Å². The number of tetrazole rings is 1. The number of hydrogen-bond donors (Lipinski definition) is 1. The van der Waals surface area contributed by atoms with Gasteiger partial charge >= 0.3 is 5.97 Å². The van der Waals surface area contributed by atoms with Gasteiger partial charge in [0.2, 0.25) is 0 Å². The summed E-state index contributed by atoms with van der Waals surface area (Å²) in [7, 11) is 0. The van der Waals surface area contributed by atoms with Crippen molar-refractivity contribution in [2.75, 3.05) is 0 Å². The number of carbonyl (C=O) groups is 1. The molecule has 3 aromatic rings. The van der Waals surface area contributed by atoms with Gasteiger partial charge in [-0.15, -0.1) is 16.4 Å². The molecule has 96 valence electrons. The van der Waals surface area contributed by atoms with E-state index < -0.39 is 5.97 Å². The molecule has 0 radical (unpaired) electrons. The molecule has 0 bridgehead atoms. The van der Waals surface area contributed by atoms with Crippen LogP contribution in [0.4, 0.5) is 0 Å². The monoisotopic (exact) mass is 274 g/mol. The third-order valence-corrected chi connectivity index (χ3v) is 3.91. The normalized spacial score (nSPS) is 11.0. The molecule has 0 aliphatic rings. The molecule has 0 spiro atoms. The van der Waals surface area contributed by atoms with E-state index in [1.165, 1.54) is 10.2 Å². The van der Waals surface area contributed by atoms with Crippen LogP contribution in [0.1, 0.15) is 5.56 Å². The molecule has 0 saturated heterocycles. The molecule has 0 aliphatic carbocycles. The SMILES string of the molecule is Cc1cccc2sc(-c3nnnn3CC(=O)O)cc12. The number of carboxylic acid groups (broad SMARTS) is 1. The van der Waals surface area contributed by atoms with E-state index in [4.69, 9.17) is 5.11 Å². The second-order valence-electron chi connectivity index (χ2n) is 4.15. The second kappa shape index (κ2) is 4.43. The molecule has 0 aliphatic heterocycles. The van der Waals surface area contributed by atoms with Crippen LogP contribution >= 0.6 is 11.3 Å². The lowest BCUT2D eigenvalue weighted by molar-refractivity contribution is -0.137. The zero-order valence-corrected chi connectivity index (χ0v) is 10.9. The first-order valence-electron chi connectivity index (χ1n) is 5.62. The van der Waals surface area contributed by atoms with Crippen molar-refractivity contribution in [2.45, 2.75) is 13.5 Å². The summed E-state index contributed by atoms with van der Waals surface area (Å²) in [5.74, 6) is -0.478. The summed E-state index contributed by atoms with van der Waals surface area (Å²) < 4.78 is 2.43. The number of benzene rings is 1. The van der Waals surface area contributed by atoms with Gasteiger partial charge in [0.1, 0.15) is 6.54 Å². The molecule has 2 heterocycles. The Bertz CT molecular complexity index is 762. The summed E-state index contributed by atoms with van der Waals surface area (Å²) >= 11 is 1.55. The molecule has 6 nitrogen and oxygen atoms in total. The smallest absolute Gasteiger partial charge is 0.325 e. The zero-order valence-electron chi connectivity index (χ0n) is 10.1. The Kier molecular flexibility index (Phi) is 2.75. The van der Waals surface area contributed by atoms with E-state index in [1.54, 1.807) is 11.3 Å². The summed E-state index contributed by atoms with van der Waals surface area (Å²) in [5.41, 5.74) is 1.18. The van der Waals surface area contributed by atoms with Gasteiger partial charge in [0.25, 0.3) is 0 Å². The number of hydrogen-bond acceptors (Lipinski definition) is 5. The Morgan fingerprint density at radius 2 is 2.32 bits per heavy atom. The summed E-state index contributed by atoms with van der Waals surface area (Å²) in [5, 5.41) is 21.1. The fourth-order valence-electron chi connectivity index (χ4n) is 1.93. The highest BCUT2D eigenvalue weighted by molar-refractivity contribution is 7.22. The molecular weight excluding hydrogens is 264 g/mol. The molecule has 0 atom stereocenters. The largest absolute Gasteiger partial charge is 0.480 e. The number of rotatable bonds is 3. The van der Waals surface area contributed by atoms with E-state index in [1.807, 2.05) is 31.2 Å². The lowest BCUT2D eigenvalue weighted by Crippen LogP contribution is -2.11. The Balaban J connectivity index is 2.12. The summed E-state index contributed by atoms with van der Waals surface area (Å²) in [6, 6.07) is 8.07. The lowest BCUT2D eigenvalue weighted by atomic mass is 10.1. The van der Waals surface area contributed by atoms with Crippen molar-refractivity contribution in [3.63, 3.8) is 0 Å². The van der Waals surface area contributed by atoms with Crippen molar-refractivity contribution in [3.05, 3.63) is 29.8 Å². The molecule has 0 amide bonds. The van der Waals surface area contributed by atoms with Crippen LogP contribution in [0.15, 0.2) is 24.3 Å². The third kappa shape index (κ3) is 2.08. The average Bonchev–Trinajstić information content (AvgIpc) is 2.94. The van der Waals surface area contributed by atoms with Crippen LogP contribution in [0.25, 0.3) is 20.8 Å². The first-order valence-corrected chi connectivity index (χ1v) is 6.44. The Hall–Kier alpha value is -2.28. The summed E-state index contributed by atoms with van der Waals surface area (Å²) in [6.45, 7) is 1.80. The minimum atomic E-state index is -0.967. The van der Waals surface area contributed by atoms with Crippen molar-refractivity contribution in [2.24, 2.45) is 0 Å². The van der Waals surface area contributed by atoms with Gasteiger partial charge in [-0.1, -0.05) is 12.1 Å². The Morgan fingerprint density at radius 3 is 3.05 bits per heavy atom. The van der Waals surface area contributed by atoms with E-state index in [9.17, 15) is 4.79 Å². The minimum Gasteiger partial charge on any atom is -0.480 e. The molecule has 1 aromatic carbocycles. The average molecular weight is 274 g/mol. The summed E-state index contributed by atoms with van der Waals surface area (Å²) in [6.07, 6.45) is 0. The highest BCUT2D eigenvalue weighted by Crippen LogP contribution is 2.33. The van der Waals surface area contributed by atoms with Gasteiger partial charge in [-0.25, -0.2) is 4.68 Å². The van der Waals surface area contributed by atoms with Crippen LogP contribution in [-0.4, -0.2) is 31.3 Å². The van der Waals surface area contributed by atoms with Gasteiger partial charge in [0.15, 0.2) is 5.82 Å². The fourth-order valence-corrected chi connectivity index (χ4v) is 3.06. The topological polar surface area (TPSA) is 80.9 Å². The van der Waals surface area contributed by atoms with Gasteiger partial charge in [-0.2, -0.15) is 0 Å². The van der Waals surface area contributed by atoms with Crippen molar-refractivity contribution in [3.8, 4) is 10.7 Å². The van der Waals surface area contributed by atoms with E-state index in [0.29, 0.717) is 5.82 Å². The van der Waals surface area contributed by atoms with E-state index in [-0.39, 0.29) is 6.54 Å². The maximum Gasteiger partial charge on any atom is 0.325 e. The quantitative estimate of drug-likeness (QED) is 0.789. The predicted molar refractivity (Wildman–Crippen MR) is 71.0 cm³/mol. The number of aliphatic carboxylic acids is 1. The molecular formula is C12H10N4O2S. The number of aryl methyl sites for hydroxylation is 1. The Labute approximate surface area is 112 Å².